The van der Waals surface area contributed by atoms with E-state index < -0.39 is 0 Å². The number of rotatable bonds is 5. The van der Waals surface area contributed by atoms with Crippen LogP contribution in [0.2, 0.25) is 0 Å². The fourth-order valence-electron chi connectivity index (χ4n) is 2.26. The molecule has 0 aromatic carbocycles. The van der Waals surface area contributed by atoms with Gasteiger partial charge in [0.05, 0.1) is 23.2 Å². The Morgan fingerprint density at radius 2 is 2.26 bits per heavy atom. The van der Waals surface area contributed by atoms with E-state index in [1.54, 1.807) is 28.3 Å². The number of oxazole rings is 1. The van der Waals surface area contributed by atoms with E-state index in [1.165, 1.54) is 0 Å². The summed E-state index contributed by atoms with van der Waals surface area (Å²) in [7, 11) is 0. The van der Waals surface area contributed by atoms with E-state index in [9.17, 15) is 4.79 Å². The van der Waals surface area contributed by atoms with Crippen molar-refractivity contribution >= 4 is 23.1 Å². The average Bonchev–Trinajstić information content (AvgIpc) is 3.20. The lowest BCUT2D eigenvalue weighted by Gasteiger charge is -2.11. The molecule has 0 aliphatic rings. The van der Waals surface area contributed by atoms with Crippen LogP contribution in [-0.2, 0) is 11.2 Å². The molecular weight excluding hydrogens is 312 g/mol. The largest absolute Gasteiger partial charge is 0.440 e. The molecule has 0 saturated carbocycles. The fourth-order valence-corrected chi connectivity index (χ4v) is 2.91. The van der Waals surface area contributed by atoms with Gasteiger partial charge in [-0.25, -0.2) is 9.67 Å². The summed E-state index contributed by atoms with van der Waals surface area (Å²) in [6, 6.07) is 5.85. The topological polar surface area (TPSA) is 73.0 Å². The van der Waals surface area contributed by atoms with Gasteiger partial charge in [0.25, 0.3) is 0 Å². The summed E-state index contributed by atoms with van der Waals surface area (Å²) in [5, 5.41) is 9.04. The summed E-state index contributed by atoms with van der Waals surface area (Å²) in [5.74, 6) is 1.78. The number of carbonyl (C=O) groups is 1. The maximum absolute atomic E-state index is 12.3. The van der Waals surface area contributed by atoms with Gasteiger partial charge in [-0.15, -0.1) is 11.3 Å². The molecule has 3 heterocycles. The molecule has 0 atom stereocenters. The van der Waals surface area contributed by atoms with Gasteiger partial charge in [-0.05, 0) is 32.2 Å². The summed E-state index contributed by atoms with van der Waals surface area (Å²) in [5.41, 5.74) is 0.654. The summed E-state index contributed by atoms with van der Waals surface area (Å²) in [4.78, 5) is 17.7. The van der Waals surface area contributed by atoms with E-state index in [4.69, 9.17) is 4.42 Å². The van der Waals surface area contributed by atoms with Gasteiger partial charge < -0.3 is 9.73 Å². The number of aromatic nitrogens is 3. The first-order valence-corrected chi connectivity index (χ1v) is 8.26. The van der Waals surface area contributed by atoms with Gasteiger partial charge in [0.15, 0.2) is 0 Å². The quantitative estimate of drug-likeness (QED) is 0.774. The smallest absolute Gasteiger partial charge is 0.236 e. The van der Waals surface area contributed by atoms with Gasteiger partial charge in [0, 0.05) is 12.1 Å². The van der Waals surface area contributed by atoms with Crippen molar-refractivity contribution in [3.05, 3.63) is 41.2 Å². The third-order valence-electron chi connectivity index (χ3n) is 3.38. The van der Waals surface area contributed by atoms with Gasteiger partial charge in [-0.1, -0.05) is 6.07 Å². The van der Waals surface area contributed by atoms with E-state index in [-0.39, 0.29) is 18.4 Å². The number of nitrogens with one attached hydrogen (secondary N) is 1. The highest BCUT2D eigenvalue weighted by Gasteiger charge is 2.16. The van der Waals surface area contributed by atoms with E-state index in [0.29, 0.717) is 23.2 Å². The molecule has 3 rings (SSSR count). The first kappa shape index (κ1) is 15.5. The Kier molecular flexibility index (Phi) is 4.29. The van der Waals surface area contributed by atoms with Gasteiger partial charge in [0.1, 0.15) is 11.6 Å². The van der Waals surface area contributed by atoms with E-state index in [2.05, 4.69) is 15.4 Å². The first-order valence-electron chi connectivity index (χ1n) is 7.38. The van der Waals surface area contributed by atoms with Crippen LogP contribution in [0, 0.1) is 6.92 Å². The Bertz CT molecular complexity index is 802. The fraction of sp³-hybridized carbons (Fsp3) is 0.312. The van der Waals surface area contributed by atoms with Crippen LogP contribution in [0.4, 0.5) is 5.82 Å². The zero-order valence-electron chi connectivity index (χ0n) is 13.2. The van der Waals surface area contributed by atoms with Crippen molar-refractivity contribution in [2.45, 2.75) is 33.2 Å². The van der Waals surface area contributed by atoms with Gasteiger partial charge >= 0.3 is 0 Å². The second-order valence-electron chi connectivity index (χ2n) is 5.48. The second-order valence-corrected chi connectivity index (χ2v) is 6.43. The molecule has 6 nitrogen and oxygen atoms in total. The molecular formula is C16H18N4O2S. The highest BCUT2D eigenvalue weighted by atomic mass is 32.1. The van der Waals surface area contributed by atoms with Crippen molar-refractivity contribution in [2.75, 3.05) is 5.32 Å². The molecule has 0 bridgehead atoms. The van der Waals surface area contributed by atoms with Crippen LogP contribution in [-0.4, -0.2) is 20.7 Å². The average molecular weight is 330 g/mol. The summed E-state index contributed by atoms with van der Waals surface area (Å²) < 4.78 is 7.43. The van der Waals surface area contributed by atoms with Crippen LogP contribution in [0.1, 0.15) is 31.3 Å². The monoisotopic (exact) mass is 330 g/mol. The lowest BCUT2D eigenvalue weighted by Crippen LogP contribution is -2.18. The van der Waals surface area contributed by atoms with E-state index in [0.717, 1.165) is 4.88 Å². The summed E-state index contributed by atoms with van der Waals surface area (Å²) >= 11 is 1.56. The third kappa shape index (κ3) is 3.34. The molecule has 0 unspecified atom stereocenters. The molecule has 0 spiro atoms. The van der Waals surface area contributed by atoms with Gasteiger partial charge in [-0.2, -0.15) is 5.10 Å². The number of carbonyl (C=O) groups excluding carboxylic acids is 1. The molecule has 0 aliphatic carbocycles. The van der Waals surface area contributed by atoms with Gasteiger partial charge in [0.2, 0.25) is 11.8 Å². The first-order chi connectivity index (χ1) is 11.0. The molecule has 3 aromatic rings. The maximum atomic E-state index is 12.3. The van der Waals surface area contributed by atoms with E-state index in [1.807, 2.05) is 38.3 Å². The zero-order chi connectivity index (χ0) is 16.4. The minimum atomic E-state index is -0.137. The zero-order valence-corrected chi connectivity index (χ0v) is 14.1. The molecule has 0 saturated heterocycles. The SMILES string of the molecule is Cc1oc(-c2cccs2)nc1CC(=O)Nc1ccnn1C(C)C. The van der Waals surface area contributed by atoms with E-state index >= 15 is 0 Å². The van der Waals surface area contributed by atoms with Crippen LogP contribution in [0.3, 0.4) is 0 Å². The molecule has 1 amide bonds. The van der Waals surface area contributed by atoms with Crippen molar-refractivity contribution < 1.29 is 9.21 Å². The predicted octanol–water partition coefficient (Wildman–Crippen LogP) is 3.67. The molecule has 7 heteroatoms. The number of aryl methyl sites for hydroxylation is 1. The summed E-state index contributed by atoms with van der Waals surface area (Å²) in [6.07, 6.45) is 1.84. The number of hydrogen-bond acceptors (Lipinski definition) is 5. The van der Waals surface area contributed by atoms with Gasteiger partial charge in [-0.3, -0.25) is 4.79 Å². The lowest BCUT2D eigenvalue weighted by atomic mass is 10.2. The molecule has 120 valence electrons. The van der Waals surface area contributed by atoms with Crippen LogP contribution in [0.25, 0.3) is 10.8 Å². The molecule has 0 fully saturated rings. The molecule has 1 N–H and O–H groups in total. The van der Waals surface area contributed by atoms with Crippen molar-refractivity contribution in [1.29, 1.82) is 0 Å². The van der Waals surface area contributed by atoms with Crippen molar-refractivity contribution in [3.8, 4) is 10.8 Å². The molecule has 3 aromatic heterocycles. The van der Waals surface area contributed by atoms with Crippen LogP contribution in [0.15, 0.2) is 34.2 Å². The Balaban J connectivity index is 1.72. The van der Waals surface area contributed by atoms with Crippen molar-refractivity contribution in [2.24, 2.45) is 0 Å². The number of nitrogens with zero attached hydrogens (tertiary/aromatic N) is 3. The number of hydrogen-bond donors (Lipinski definition) is 1. The Hall–Kier alpha value is -2.41. The normalized spacial score (nSPS) is 11.1. The summed E-state index contributed by atoms with van der Waals surface area (Å²) in [6.45, 7) is 5.85. The molecule has 0 radical (unpaired) electrons. The minimum Gasteiger partial charge on any atom is -0.440 e. The third-order valence-corrected chi connectivity index (χ3v) is 4.24. The Morgan fingerprint density at radius 3 is 2.96 bits per heavy atom. The van der Waals surface area contributed by atoms with Crippen molar-refractivity contribution in [3.63, 3.8) is 0 Å². The molecule has 0 aliphatic heterocycles. The number of anilines is 1. The van der Waals surface area contributed by atoms with Crippen LogP contribution < -0.4 is 5.32 Å². The Morgan fingerprint density at radius 1 is 1.43 bits per heavy atom. The second kappa shape index (κ2) is 6.37. The highest BCUT2D eigenvalue weighted by Crippen LogP contribution is 2.26. The maximum Gasteiger partial charge on any atom is 0.236 e. The lowest BCUT2D eigenvalue weighted by molar-refractivity contribution is -0.115. The van der Waals surface area contributed by atoms with Crippen LogP contribution >= 0.6 is 11.3 Å². The highest BCUT2D eigenvalue weighted by molar-refractivity contribution is 7.13. The minimum absolute atomic E-state index is 0.137. The Labute approximate surface area is 138 Å². The standard InChI is InChI=1S/C16H18N4O2S/c1-10(2)20-14(6-7-17-20)19-15(21)9-12-11(3)22-16(18-12)13-5-4-8-23-13/h4-8,10H,9H2,1-3H3,(H,19,21). The van der Waals surface area contributed by atoms with Crippen molar-refractivity contribution in [1.82, 2.24) is 14.8 Å². The number of thiophene rings is 1. The van der Waals surface area contributed by atoms with Crippen LogP contribution in [0.5, 0.6) is 0 Å². The predicted molar refractivity (Wildman–Crippen MR) is 89.5 cm³/mol. The molecule has 23 heavy (non-hydrogen) atoms. The number of amides is 1.